The molecule has 1 aliphatic rings. The minimum Gasteiger partial charge on any atom is -0.375 e. The van der Waals surface area contributed by atoms with E-state index in [1.165, 1.54) is 0 Å². The summed E-state index contributed by atoms with van der Waals surface area (Å²) in [5.74, 6) is 0.497. The molecule has 0 spiro atoms. The van der Waals surface area contributed by atoms with Crippen molar-refractivity contribution in [3.63, 3.8) is 0 Å². The Morgan fingerprint density at radius 2 is 2.32 bits per heavy atom. The third kappa shape index (κ3) is 2.29. The second kappa shape index (κ2) is 4.79. The van der Waals surface area contributed by atoms with Crippen molar-refractivity contribution in [3.8, 4) is 0 Å². The number of pyridine rings is 1. The number of ether oxygens (including phenoxy) is 1. The Balaban J connectivity index is 1.90. The molecule has 0 bridgehead atoms. The second-order valence-corrected chi connectivity index (χ2v) is 5.13. The number of hydrogen-bond acceptors (Lipinski definition) is 5. The number of nitrogen functional groups attached to an aromatic ring is 1. The summed E-state index contributed by atoms with van der Waals surface area (Å²) in [5, 5.41) is 0. The fourth-order valence-electron chi connectivity index (χ4n) is 2.55. The highest BCUT2D eigenvalue weighted by Gasteiger charge is 2.20. The SMILES string of the molecule is CN1CCOC(Cc2ccnc3c2nc(N)n3C)C1. The first kappa shape index (κ1) is 12.4. The quantitative estimate of drug-likeness (QED) is 0.848. The first-order valence-corrected chi connectivity index (χ1v) is 6.51. The van der Waals surface area contributed by atoms with Crippen molar-refractivity contribution in [3.05, 3.63) is 17.8 Å². The van der Waals surface area contributed by atoms with Crippen molar-refractivity contribution >= 4 is 17.1 Å². The highest BCUT2D eigenvalue weighted by Crippen LogP contribution is 2.20. The van der Waals surface area contributed by atoms with E-state index in [-0.39, 0.29) is 6.10 Å². The summed E-state index contributed by atoms with van der Waals surface area (Å²) in [6, 6.07) is 2.01. The molecule has 0 aromatic carbocycles. The number of rotatable bonds is 2. The largest absolute Gasteiger partial charge is 0.375 e. The minimum absolute atomic E-state index is 0.215. The topological polar surface area (TPSA) is 69.2 Å². The van der Waals surface area contributed by atoms with E-state index in [1.807, 2.05) is 23.9 Å². The molecule has 2 N–H and O–H groups in total. The number of morpholine rings is 1. The summed E-state index contributed by atoms with van der Waals surface area (Å²) in [5.41, 5.74) is 8.72. The van der Waals surface area contributed by atoms with Crippen LogP contribution in [0.25, 0.3) is 11.2 Å². The van der Waals surface area contributed by atoms with E-state index in [0.29, 0.717) is 5.95 Å². The lowest BCUT2D eigenvalue weighted by Crippen LogP contribution is -2.40. The number of anilines is 1. The molecule has 19 heavy (non-hydrogen) atoms. The zero-order chi connectivity index (χ0) is 13.4. The Hall–Kier alpha value is -1.66. The highest BCUT2D eigenvalue weighted by atomic mass is 16.5. The Morgan fingerprint density at radius 3 is 3.11 bits per heavy atom. The number of likely N-dealkylation sites (N-methyl/N-ethyl adjacent to an activating group) is 1. The molecule has 2 aromatic heterocycles. The average Bonchev–Trinajstić information content (AvgIpc) is 2.67. The van der Waals surface area contributed by atoms with Crippen LogP contribution in [0.1, 0.15) is 5.56 Å². The van der Waals surface area contributed by atoms with Crippen molar-refractivity contribution in [2.45, 2.75) is 12.5 Å². The number of nitrogens with two attached hydrogens (primary N) is 1. The fourth-order valence-corrected chi connectivity index (χ4v) is 2.55. The minimum atomic E-state index is 0.215. The van der Waals surface area contributed by atoms with Crippen molar-refractivity contribution < 1.29 is 4.74 Å². The lowest BCUT2D eigenvalue weighted by Gasteiger charge is -2.30. The van der Waals surface area contributed by atoms with Crippen LogP contribution in [0.4, 0.5) is 5.95 Å². The van der Waals surface area contributed by atoms with E-state index in [4.69, 9.17) is 10.5 Å². The fraction of sp³-hybridized carbons (Fsp3) is 0.538. The standard InChI is InChI=1S/C13H19N5O/c1-17-5-6-19-10(8-17)7-9-3-4-15-12-11(9)16-13(14)18(12)2/h3-4,10H,5-8H2,1-2H3,(H2,14,16). The highest BCUT2D eigenvalue weighted by molar-refractivity contribution is 5.77. The molecule has 0 aliphatic carbocycles. The van der Waals surface area contributed by atoms with Gasteiger partial charge in [-0.3, -0.25) is 4.57 Å². The Morgan fingerprint density at radius 1 is 1.47 bits per heavy atom. The van der Waals surface area contributed by atoms with Gasteiger partial charge in [-0.05, 0) is 18.7 Å². The molecule has 1 saturated heterocycles. The maximum Gasteiger partial charge on any atom is 0.202 e. The Labute approximate surface area is 112 Å². The van der Waals surface area contributed by atoms with E-state index < -0.39 is 0 Å². The van der Waals surface area contributed by atoms with Gasteiger partial charge in [0.2, 0.25) is 5.95 Å². The van der Waals surface area contributed by atoms with E-state index in [0.717, 1.165) is 42.8 Å². The van der Waals surface area contributed by atoms with Crippen LogP contribution >= 0.6 is 0 Å². The molecule has 1 unspecified atom stereocenters. The summed E-state index contributed by atoms with van der Waals surface area (Å²) in [4.78, 5) is 11.0. The molecular formula is C13H19N5O. The van der Waals surface area contributed by atoms with Crippen LogP contribution in [-0.4, -0.2) is 52.3 Å². The van der Waals surface area contributed by atoms with Gasteiger partial charge in [-0.25, -0.2) is 9.97 Å². The molecule has 3 heterocycles. The van der Waals surface area contributed by atoms with Gasteiger partial charge in [-0.2, -0.15) is 0 Å². The lowest BCUT2D eigenvalue weighted by atomic mass is 10.1. The first-order valence-electron chi connectivity index (χ1n) is 6.51. The molecule has 3 rings (SSSR count). The number of aryl methyl sites for hydroxylation is 1. The average molecular weight is 261 g/mol. The Kier molecular flexibility index (Phi) is 3.12. The van der Waals surface area contributed by atoms with Gasteiger partial charge in [0.15, 0.2) is 5.65 Å². The van der Waals surface area contributed by atoms with Gasteiger partial charge in [0.1, 0.15) is 5.52 Å². The van der Waals surface area contributed by atoms with E-state index in [1.54, 1.807) is 0 Å². The molecule has 6 nitrogen and oxygen atoms in total. The summed E-state index contributed by atoms with van der Waals surface area (Å²) in [6.45, 7) is 2.74. The van der Waals surface area contributed by atoms with Gasteiger partial charge in [0.25, 0.3) is 0 Å². The van der Waals surface area contributed by atoms with Gasteiger partial charge < -0.3 is 15.4 Å². The second-order valence-electron chi connectivity index (χ2n) is 5.13. The summed E-state index contributed by atoms with van der Waals surface area (Å²) in [6.07, 6.45) is 2.87. The van der Waals surface area contributed by atoms with Gasteiger partial charge in [0, 0.05) is 32.8 Å². The van der Waals surface area contributed by atoms with E-state index in [9.17, 15) is 0 Å². The predicted molar refractivity (Wildman–Crippen MR) is 73.9 cm³/mol. The van der Waals surface area contributed by atoms with E-state index in [2.05, 4.69) is 21.9 Å². The van der Waals surface area contributed by atoms with Gasteiger partial charge >= 0.3 is 0 Å². The molecule has 1 aliphatic heterocycles. The molecule has 0 saturated carbocycles. The summed E-state index contributed by atoms with van der Waals surface area (Å²) >= 11 is 0. The van der Waals surface area contributed by atoms with Crippen LogP contribution in [0, 0.1) is 0 Å². The normalized spacial score (nSPS) is 21.1. The third-order valence-corrected chi connectivity index (χ3v) is 3.67. The van der Waals surface area contributed by atoms with Crippen LogP contribution in [0.3, 0.4) is 0 Å². The molecule has 1 atom stereocenters. The van der Waals surface area contributed by atoms with Crippen LogP contribution in [-0.2, 0) is 18.2 Å². The summed E-state index contributed by atoms with van der Waals surface area (Å²) < 4.78 is 7.62. The maximum absolute atomic E-state index is 5.85. The number of hydrogen-bond donors (Lipinski definition) is 1. The predicted octanol–water partition coefficient (Wildman–Crippen LogP) is 0.424. The molecular weight excluding hydrogens is 242 g/mol. The van der Waals surface area contributed by atoms with Gasteiger partial charge in [-0.1, -0.05) is 0 Å². The zero-order valence-corrected chi connectivity index (χ0v) is 11.3. The number of nitrogens with zero attached hydrogens (tertiary/aromatic N) is 4. The molecule has 0 radical (unpaired) electrons. The van der Waals surface area contributed by atoms with Crippen molar-refractivity contribution in [2.24, 2.45) is 7.05 Å². The Bertz CT molecular complexity index is 594. The van der Waals surface area contributed by atoms with Gasteiger partial charge in [0.05, 0.1) is 12.7 Å². The maximum atomic E-state index is 5.85. The molecule has 2 aromatic rings. The van der Waals surface area contributed by atoms with E-state index >= 15 is 0 Å². The van der Waals surface area contributed by atoms with Crippen LogP contribution in [0.5, 0.6) is 0 Å². The molecule has 1 fully saturated rings. The van der Waals surface area contributed by atoms with Crippen LogP contribution in [0.15, 0.2) is 12.3 Å². The van der Waals surface area contributed by atoms with Crippen molar-refractivity contribution in [1.29, 1.82) is 0 Å². The zero-order valence-electron chi connectivity index (χ0n) is 11.3. The molecule has 102 valence electrons. The van der Waals surface area contributed by atoms with Gasteiger partial charge in [-0.15, -0.1) is 0 Å². The number of aromatic nitrogens is 3. The van der Waals surface area contributed by atoms with Crippen molar-refractivity contribution in [1.82, 2.24) is 19.4 Å². The third-order valence-electron chi connectivity index (χ3n) is 3.67. The lowest BCUT2D eigenvalue weighted by molar-refractivity contribution is -0.0184. The smallest absolute Gasteiger partial charge is 0.202 e. The first-order chi connectivity index (χ1) is 9.15. The molecule has 0 amide bonds. The number of imidazole rings is 1. The number of fused-ring (bicyclic) bond motifs is 1. The molecule has 6 heteroatoms. The van der Waals surface area contributed by atoms with Crippen LogP contribution in [0.2, 0.25) is 0 Å². The van der Waals surface area contributed by atoms with Crippen LogP contribution < -0.4 is 5.73 Å². The monoisotopic (exact) mass is 261 g/mol. The van der Waals surface area contributed by atoms with Crippen molar-refractivity contribution in [2.75, 3.05) is 32.5 Å². The summed E-state index contributed by atoms with van der Waals surface area (Å²) in [7, 11) is 4.00.